The number of hydrogen-bond donors (Lipinski definition) is 1. The van der Waals surface area contributed by atoms with Crippen LogP contribution < -0.4 is 5.84 Å². The maximum Gasteiger partial charge on any atom is 0.159 e. The lowest BCUT2D eigenvalue weighted by Gasteiger charge is -2.19. The van der Waals surface area contributed by atoms with Gasteiger partial charge in [-0.05, 0) is 6.42 Å². The van der Waals surface area contributed by atoms with Crippen molar-refractivity contribution in [3.05, 3.63) is 24.0 Å². The molecule has 1 rings (SSSR count). The predicted molar refractivity (Wildman–Crippen MR) is 61.1 cm³/mol. The predicted octanol–water partition coefficient (Wildman–Crippen LogP) is 1.69. The van der Waals surface area contributed by atoms with Crippen LogP contribution in [0.15, 0.2) is 12.4 Å². The molecule has 16 heavy (non-hydrogen) atoms. The summed E-state index contributed by atoms with van der Waals surface area (Å²) in [6, 6.07) is 0. The average Bonchev–Trinajstić information content (AvgIpc) is 2.25. The maximum absolute atomic E-state index is 12.7. The molecule has 0 amide bonds. The molecule has 0 saturated carbocycles. The van der Waals surface area contributed by atoms with Gasteiger partial charge in [-0.1, -0.05) is 19.8 Å². The molecule has 1 heterocycles. The second kappa shape index (κ2) is 6.50. The van der Waals surface area contributed by atoms with E-state index in [-0.39, 0.29) is 5.92 Å². The third-order valence-electron chi connectivity index (χ3n) is 2.42. The quantitative estimate of drug-likeness (QED) is 0.592. The Hall–Kier alpha value is -1.07. The normalized spacial score (nSPS) is 13.1. The van der Waals surface area contributed by atoms with Crippen LogP contribution in [0.4, 0.5) is 4.39 Å². The van der Waals surface area contributed by atoms with Crippen molar-refractivity contribution in [2.45, 2.75) is 32.1 Å². The van der Waals surface area contributed by atoms with Crippen molar-refractivity contribution < 1.29 is 4.39 Å². The molecular formula is C11H19FN4. The van der Waals surface area contributed by atoms with E-state index in [0.29, 0.717) is 12.4 Å². The number of likely N-dealkylation sites (N-methyl/N-ethyl adjacent to an activating group) is 1. The van der Waals surface area contributed by atoms with Gasteiger partial charge in [-0.25, -0.2) is 19.4 Å². The zero-order chi connectivity index (χ0) is 12.0. The smallest absolute Gasteiger partial charge is 0.159 e. The van der Waals surface area contributed by atoms with Gasteiger partial charge in [-0.15, -0.1) is 0 Å². The molecule has 2 N–H and O–H groups in total. The van der Waals surface area contributed by atoms with Gasteiger partial charge in [-0.3, -0.25) is 5.84 Å². The van der Waals surface area contributed by atoms with Gasteiger partial charge in [0.05, 0.1) is 12.4 Å². The van der Waals surface area contributed by atoms with Crippen LogP contribution in [0.25, 0.3) is 0 Å². The van der Waals surface area contributed by atoms with Gasteiger partial charge in [0.15, 0.2) is 5.82 Å². The van der Waals surface area contributed by atoms with Gasteiger partial charge < -0.3 is 0 Å². The van der Waals surface area contributed by atoms with Crippen molar-refractivity contribution in [3.63, 3.8) is 0 Å². The molecule has 90 valence electrons. The molecule has 0 aliphatic carbocycles. The van der Waals surface area contributed by atoms with Crippen LogP contribution in [-0.2, 0) is 0 Å². The van der Waals surface area contributed by atoms with Gasteiger partial charge in [0.1, 0.15) is 5.82 Å². The standard InChI is InChI=1S/C11H19FN4/c1-3-4-5-9(8-16(2)13)11-14-6-10(12)7-15-11/h6-7,9H,3-5,8,13H2,1-2H3. The average molecular weight is 226 g/mol. The van der Waals surface area contributed by atoms with Crippen LogP contribution >= 0.6 is 0 Å². The van der Waals surface area contributed by atoms with Crippen LogP contribution in [0.5, 0.6) is 0 Å². The number of aromatic nitrogens is 2. The topological polar surface area (TPSA) is 55.0 Å². The summed E-state index contributed by atoms with van der Waals surface area (Å²) in [4.78, 5) is 8.03. The van der Waals surface area contributed by atoms with E-state index in [1.165, 1.54) is 12.4 Å². The Kier molecular flexibility index (Phi) is 5.28. The van der Waals surface area contributed by atoms with Crippen molar-refractivity contribution >= 4 is 0 Å². The highest BCUT2D eigenvalue weighted by molar-refractivity contribution is 4.99. The lowest BCUT2D eigenvalue weighted by molar-refractivity contribution is 0.307. The minimum Gasteiger partial charge on any atom is -0.269 e. The first kappa shape index (κ1) is 13.0. The van der Waals surface area contributed by atoms with Crippen molar-refractivity contribution in [3.8, 4) is 0 Å². The number of unbranched alkanes of at least 4 members (excludes halogenated alkanes) is 1. The molecule has 0 aliphatic rings. The highest BCUT2D eigenvalue weighted by atomic mass is 19.1. The van der Waals surface area contributed by atoms with Gasteiger partial charge in [0.2, 0.25) is 0 Å². The fraction of sp³-hybridized carbons (Fsp3) is 0.636. The van der Waals surface area contributed by atoms with Gasteiger partial charge in [0, 0.05) is 19.5 Å². The molecule has 1 aromatic rings. The minimum absolute atomic E-state index is 0.176. The Morgan fingerprint density at radius 2 is 2.06 bits per heavy atom. The Labute approximate surface area is 95.7 Å². The van der Waals surface area contributed by atoms with Crippen molar-refractivity contribution in [2.24, 2.45) is 5.84 Å². The summed E-state index contributed by atoms with van der Waals surface area (Å²) in [5.74, 6) is 6.08. The zero-order valence-corrected chi connectivity index (χ0v) is 9.86. The molecule has 0 aromatic carbocycles. The van der Waals surface area contributed by atoms with Gasteiger partial charge >= 0.3 is 0 Å². The second-order valence-corrected chi connectivity index (χ2v) is 4.04. The van der Waals surface area contributed by atoms with E-state index >= 15 is 0 Å². The van der Waals surface area contributed by atoms with Crippen molar-refractivity contribution in [2.75, 3.05) is 13.6 Å². The molecule has 0 aliphatic heterocycles. The van der Waals surface area contributed by atoms with E-state index in [0.717, 1.165) is 19.3 Å². The number of hydrogen-bond acceptors (Lipinski definition) is 4. The third kappa shape index (κ3) is 4.20. The summed E-state index contributed by atoms with van der Waals surface area (Å²) in [6.45, 7) is 2.82. The Morgan fingerprint density at radius 1 is 1.44 bits per heavy atom. The molecule has 1 aromatic heterocycles. The molecule has 5 heteroatoms. The largest absolute Gasteiger partial charge is 0.269 e. The minimum atomic E-state index is -0.404. The SMILES string of the molecule is CCCCC(CN(C)N)c1ncc(F)cn1. The van der Waals surface area contributed by atoms with Gasteiger partial charge in [-0.2, -0.15) is 0 Å². The lowest BCUT2D eigenvalue weighted by Crippen LogP contribution is -2.31. The Morgan fingerprint density at radius 3 is 2.56 bits per heavy atom. The summed E-state index contributed by atoms with van der Waals surface area (Å²) in [6.07, 6.45) is 5.60. The third-order valence-corrected chi connectivity index (χ3v) is 2.42. The zero-order valence-electron chi connectivity index (χ0n) is 9.86. The van der Waals surface area contributed by atoms with Gasteiger partial charge in [0.25, 0.3) is 0 Å². The molecular weight excluding hydrogens is 207 g/mol. The summed E-state index contributed by atoms with van der Waals surface area (Å²) < 4.78 is 12.7. The molecule has 0 bridgehead atoms. The van der Waals surface area contributed by atoms with Crippen LogP contribution in [0.2, 0.25) is 0 Å². The molecule has 1 unspecified atom stereocenters. The number of hydrazine groups is 1. The first-order chi connectivity index (χ1) is 7.63. The summed E-state index contributed by atoms with van der Waals surface area (Å²) in [5, 5.41) is 1.62. The lowest BCUT2D eigenvalue weighted by atomic mass is 10.0. The monoisotopic (exact) mass is 226 g/mol. The summed E-state index contributed by atoms with van der Waals surface area (Å²) in [7, 11) is 1.81. The highest BCUT2D eigenvalue weighted by Crippen LogP contribution is 2.18. The first-order valence-electron chi connectivity index (χ1n) is 5.56. The van der Waals surface area contributed by atoms with E-state index < -0.39 is 5.82 Å². The fourth-order valence-electron chi connectivity index (χ4n) is 1.63. The second-order valence-electron chi connectivity index (χ2n) is 4.04. The highest BCUT2D eigenvalue weighted by Gasteiger charge is 2.15. The fourth-order valence-corrected chi connectivity index (χ4v) is 1.63. The maximum atomic E-state index is 12.7. The molecule has 0 radical (unpaired) electrons. The Balaban J connectivity index is 2.70. The van der Waals surface area contributed by atoms with E-state index in [4.69, 9.17) is 5.84 Å². The van der Waals surface area contributed by atoms with Crippen LogP contribution in [0.3, 0.4) is 0 Å². The summed E-state index contributed by atoms with van der Waals surface area (Å²) in [5.41, 5.74) is 0. The number of nitrogens with zero attached hydrogens (tertiary/aromatic N) is 3. The number of rotatable bonds is 6. The van der Waals surface area contributed by atoms with Crippen LogP contribution in [0, 0.1) is 5.82 Å². The molecule has 0 spiro atoms. The molecule has 1 atom stereocenters. The Bertz CT molecular complexity index is 299. The number of nitrogens with two attached hydrogens (primary N) is 1. The molecule has 0 fully saturated rings. The first-order valence-corrected chi connectivity index (χ1v) is 5.56. The van der Waals surface area contributed by atoms with Crippen molar-refractivity contribution in [1.82, 2.24) is 15.0 Å². The van der Waals surface area contributed by atoms with E-state index in [2.05, 4.69) is 16.9 Å². The number of halogens is 1. The molecule has 4 nitrogen and oxygen atoms in total. The van der Waals surface area contributed by atoms with E-state index in [1.807, 2.05) is 7.05 Å². The van der Waals surface area contributed by atoms with E-state index in [1.54, 1.807) is 5.01 Å². The van der Waals surface area contributed by atoms with Crippen LogP contribution in [0.1, 0.15) is 37.9 Å². The van der Waals surface area contributed by atoms with E-state index in [9.17, 15) is 4.39 Å². The molecule has 0 saturated heterocycles. The summed E-state index contributed by atoms with van der Waals surface area (Å²) >= 11 is 0. The van der Waals surface area contributed by atoms with Crippen molar-refractivity contribution in [1.29, 1.82) is 0 Å². The van der Waals surface area contributed by atoms with Crippen LogP contribution in [-0.4, -0.2) is 28.6 Å².